The average molecular weight is 226 g/mol. The highest BCUT2D eigenvalue weighted by Crippen LogP contribution is 2.09. The molecule has 0 radical (unpaired) electrons. The molecule has 0 fully saturated rings. The second kappa shape index (κ2) is 7.04. The molecule has 0 aromatic heterocycles. The standard InChI is InChI=1S/C9H19NO3.ClH/c1-9(2,3)13-6-7(5-10-4)8(11)12;/h7,10H,5-6H2,1-4H3,(H,11,12);1H/t7-;/m0./s1. The van der Waals surface area contributed by atoms with Gasteiger partial charge in [-0.25, -0.2) is 0 Å². The number of hydrogen-bond acceptors (Lipinski definition) is 3. The SMILES string of the molecule is CNC[C@@H](COC(C)(C)C)C(=O)O.Cl. The molecule has 86 valence electrons. The normalized spacial score (nSPS) is 13.1. The first-order chi connectivity index (χ1) is 5.87. The Morgan fingerprint density at radius 2 is 2.00 bits per heavy atom. The summed E-state index contributed by atoms with van der Waals surface area (Å²) in [5.74, 6) is -1.29. The molecule has 0 saturated carbocycles. The fourth-order valence-electron chi connectivity index (χ4n) is 0.815. The number of nitrogens with one attached hydrogen (secondary N) is 1. The first-order valence-corrected chi connectivity index (χ1v) is 4.38. The van der Waals surface area contributed by atoms with E-state index in [4.69, 9.17) is 9.84 Å². The van der Waals surface area contributed by atoms with Crippen molar-refractivity contribution in [3.8, 4) is 0 Å². The lowest BCUT2D eigenvalue weighted by Crippen LogP contribution is -2.33. The summed E-state index contributed by atoms with van der Waals surface area (Å²) in [6.07, 6.45) is 0. The first-order valence-electron chi connectivity index (χ1n) is 4.38. The molecule has 1 atom stereocenters. The van der Waals surface area contributed by atoms with Gasteiger partial charge in [-0.2, -0.15) is 0 Å². The highest BCUT2D eigenvalue weighted by Gasteiger charge is 2.20. The molecular formula is C9H20ClNO3. The van der Waals surface area contributed by atoms with E-state index in [9.17, 15) is 4.79 Å². The van der Waals surface area contributed by atoms with Crippen LogP contribution in [0.4, 0.5) is 0 Å². The summed E-state index contributed by atoms with van der Waals surface area (Å²) in [6, 6.07) is 0. The number of carboxylic acid groups (broad SMARTS) is 1. The fourth-order valence-corrected chi connectivity index (χ4v) is 0.815. The molecule has 0 aliphatic heterocycles. The van der Waals surface area contributed by atoms with Gasteiger partial charge in [0.2, 0.25) is 0 Å². The van der Waals surface area contributed by atoms with Crippen molar-refractivity contribution in [1.82, 2.24) is 5.32 Å². The number of halogens is 1. The fraction of sp³-hybridized carbons (Fsp3) is 0.889. The molecule has 0 saturated heterocycles. The monoisotopic (exact) mass is 225 g/mol. The Morgan fingerprint density at radius 3 is 2.29 bits per heavy atom. The van der Waals surface area contributed by atoms with E-state index in [0.29, 0.717) is 6.54 Å². The third-order valence-electron chi connectivity index (χ3n) is 1.52. The molecule has 0 heterocycles. The van der Waals surface area contributed by atoms with E-state index >= 15 is 0 Å². The average Bonchev–Trinajstić information content (AvgIpc) is 1.95. The van der Waals surface area contributed by atoms with Gasteiger partial charge in [-0.3, -0.25) is 4.79 Å². The number of ether oxygens (including phenoxy) is 1. The van der Waals surface area contributed by atoms with E-state index in [1.807, 2.05) is 20.8 Å². The van der Waals surface area contributed by atoms with Crippen LogP contribution in [-0.2, 0) is 9.53 Å². The van der Waals surface area contributed by atoms with Gasteiger partial charge >= 0.3 is 5.97 Å². The van der Waals surface area contributed by atoms with Gasteiger partial charge in [0.15, 0.2) is 0 Å². The molecule has 2 N–H and O–H groups in total. The smallest absolute Gasteiger partial charge is 0.310 e. The molecule has 0 bridgehead atoms. The molecular weight excluding hydrogens is 206 g/mol. The van der Waals surface area contributed by atoms with Crippen molar-refractivity contribution in [2.75, 3.05) is 20.2 Å². The van der Waals surface area contributed by atoms with Crippen LogP contribution in [0.5, 0.6) is 0 Å². The van der Waals surface area contributed by atoms with Crippen molar-refractivity contribution < 1.29 is 14.6 Å². The number of carbonyl (C=O) groups is 1. The van der Waals surface area contributed by atoms with Gasteiger partial charge in [0.1, 0.15) is 0 Å². The van der Waals surface area contributed by atoms with Crippen LogP contribution < -0.4 is 5.32 Å². The van der Waals surface area contributed by atoms with Crippen LogP contribution >= 0.6 is 12.4 Å². The van der Waals surface area contributed by atoms with E-state index in [2.05, 4.69) is 5.32 Å². The maximum Gasteiger partial charge on any atom is 0.310 e. The molecule has 0 amide bonds. The summed E-state index contributed by atoms with van der Waals surface area (Å²) in [4.78, 5) is 10.7. The van der Waals surface area contributed by atoms with Crippen molar-refractivity contribution in [1.29, 1.82) is 0 Å². The second-order valence-corrected chi connectivity index (χ2v) is 4.02. The van der Waals surface area contributed by atoms with Crippen LogP contribution in [0.2, 0.25) is 0 Å². The molecule has 0 aromatic carbocycles. The Hall–Kier alpha value is -0.320. The Kier molecular flexibility index (Phi) is 8.10. The highest BCUT2D eigenvalue weighted by atomic mass is 35.5. The van der Waals surface area contributed by atoms with Crippen LogP contribution in [0.25, 0.3) is 0 Å². The number of hydrogen-bond donors (Lipinski definition) is 2. The van der Waals surface area contributed by atoms with Crippen LogP contribution in [0.1, 0.15) is 20.8 Å². The Labute approximate surface area is 91.4 Å². The molecule has 0 aliphatic rings. The molecule has 14 heavy (non-hydrogen) atoms. The number of aliphatic carboxylic acids is 1. The van der Waals surface area contributed by atoms with Crippen LogP contribution in [0.3, 0.4) is 0 Å². The minimum absolute atomic E-state index is 0. The van der Waals surface area contributed by atoms with Crippen LogP contribution in [0.15, 0.2) is 0 Å². The van der Waals surface area contributed by atoms with Crippen molar-refractivity contribution in [3.63, 3.8) is 0 Å². The van der Waals surface area contributed by atoms with Gasteiger partial charge in [-0.05, 0) is 27.8 Å². The molecule has 0 aromatic rings. The summed E-state index contributed by atoms with van der Waals surface area (Å²) >= 11 is 0. The van der Waals surface area contributed by atoms with E-state index in [-0.39, 0.29) is 24.6 Å². The molecule has 0 rings (SSSR count). The molecule has 0 aliphatic carbocycles. The lowest BCUT2D eigenvalue weighted by molar-refractivity contribution is -0.145. The predicted octanol–water partition coefficient (Wildman–Crippen LogP) is 1.14. The quantitative estimate of drug-likeness (QED) is 0.737. The molecule has 0 spiro atoms. The molecule has 0 unspecified atom stereocenters. The third-order valence-corrected chi connectivity index (χ3v) is 1.52. The van der Waals surface area contributed by atoms with E-state index in [0.717, 1.165) is 0 Å². The van der Waals surface area contributed by atoms with Gasteiger partial charge in [-0.1, -0.05) is 0 Å². The third kappa shape index (κ3) is 8.29. The van der Waals surface area contributed by atoms with E-state index in [1.165, 1.54) is 0 Å². The van der Waals surface area contributed by atoms with Crippen molar-refractivity contribution in [2.24, 2.45) is 5.92 Å². The van der Waals surface area contributed by atoms with Crippen LogP contribution in [-0.4, -0.2) is 36.9 Å². The lowest BCUT2D eigenvalue weighted by Gasteiger charge is -2.22. The topological polar surface area (TPSA) is 58.6 Å². The summed E-state index contributed by atoms with van der Waals surface area (Å²) in [5, 5.41) is 11.6. The van der Waals surface area contributed by atoms with Gasteiger partial charge < -0.3 is 15.2 Å². The van der Waals surface area contributed by atoms with Gasteiger partial charge in [0, 0.05) is 6.54 Å². The molecule has 5 heteroatoms. The first kappa shape index (κ1) is 16.1. The van der Waals surface area contributed by atoms with Crippen molar-refractivity contribution in [2.45, 2.75) is 26.4 Å². The summed E-state index contributed by atoms with van der Waals surface area (Å²) in [6.45, 7) is 6.41. The zero-order valence-corrected chi connectivity index (χ0v) is 9.98. The van der Waals surface area contributed by atoms with Crippen molar-refractivity contribution >= 4 is 18.4 Å². The Balaban J connectivity index is 0. The minimum atomic E-state index is -0.821. The van der Waals surface area contributed by atoms with E-state index < -0.39 is 11.9 Å². The summed E-state index contributed by atoms with van der Waals surface area (Å²) < 4.78 is 5.38. The van der Waals surface area contributed by atoms with Gasteiger partial charge in [0.25, 0.3) is 0 Å². The highest BCUT2D eigenvalue weighted by molar-refractivity contribution is 5.85. The van der Waals surface area contributed by atoms with Gasteiger partial charge in [-0.15, -0.1) is 12.4 Å². The Morgan fingerprint density at radius 1 is 1.50 bits per heavy atom. The lowest BCUT2D eigenvalue weighted by atomic mass is 10.1. The minimum Gasteiger partial charge on any atom is -0.481 e. The summed E-state index contributed by atoms with van der Waals surface area (Å²) in [7, 11) is 1.73. The van der Waals surface area contributed by atoms with Crippen molar-refractivity contribution in [3.05, 3.63) is 0 Å². The van der Waals surface area contributed by atoms with E-state index in [1.54, 1.807) is 7.05 Å². The predicted molar refractivity (Wildman–Crippen MR) is 58.0 cm³/mol. The zero-order valence-electron chi connectivity index (χ0n) is 9.16. The largest absolute Gasteiger partial charge is 0.481 e. The zero-order chi connectivity index (χ0) is 10.5. The maximum absolute atomic E-state index is 10.7. The second-order valence-electron chi connectivity index (χ2n) is 4.02. The van der Waals surface area contributed by atoms with Crippen LogP contribution in [0, 0.1) is 5.92 Å². The summed E-state index contributed by atoms with van der Waals surface area (Å²) in [5.41, 5.74) is -0.276. The number of carboxylic acids is 1. The molecule has 4 nitrogen and oxygen atoms in total. The Bertz CT molecular complexity index is 168. The maximum atomic E-state index is 10.7. The number of rotatable bonds is 5. The van der Waals surface area contributed by atoms with Gasteiger partial charge in [0.05, 0.1) is 18.1 Å².